The molecule has 0 atom stereocenters. The molecule has 0 saturated carbocycles. The molecule has 0 radical (unpaired) electrons. The Hall–Kier alpha value is -1.93. The van der Waals surface area contributed by atoms with Gasteiger partial charge in [0.15, 0.2) is 11.3 Å². The molecule has 2 aromatic rings. The summed E-state index contributed by atoms with van der Waals surface area (Å²) in [5, 5.41) is 20.0. The predicted octanol–water partition coefficient (Wildman–Crippen LogP) is 1.16. The Morgan fingerprint density at radius 3 is 2.81 bits per heavy atom. The van der Waals surface area contributed by atoms with Gasteiger partial charge >= 0.3 is 0 Å². The minimum absolute atomic E-state index is 0.408. The largest absolute Gasteiger partial charge is 0.400 e. The molecule has 0 bridgehead atoms. The summed E-state index contributed by atoms with van der Waals surface area (Å²) >= 11 is 0. The standard InChI is InChI=1S/C10H10N4.CH4O/c1-2-3-8-4-5-10-12-9(6-11)7-14(10)13-8;1-2/h4-5,7H,2-3H2,1H3;2H,1H3. The van der Waals surface area contributed by atoms with Crippen molar-refractivity contribution in [1.29, 1.82) is 5.26 Å². The SMILES string of the molecule is CCCc1ccc2nc(C#N)cn2n1.CO. The van der Waals surface area contributed by atoms with Crippen LogP contribution >= 0.6 is 0 Å². The van der Waals surface area contributed by atoms with Crippen LogP contribution in [-0.2, 0) is 6.42 Å². The summed E-state index contributed by atoms with van der Waals surface area (Å²) in [6.45, 7) is 2.11. The highest BCUT2D eigenvalue weighted by atomic mass is 16.2. The van der Waals surface area contributed by atoms with Crippen molar-refractivity contribution < 1.29 is 5.11 Å². The first-order valence-electron chi connectivity index (χ1n) is 5.03. The van der Waals surface area contributed by atoms with E-state index in [9.17, 15) is 0 Å². The van der Waals surface area contributed by atoms with Crippen LogP contribution in [0.3, 0.4) is 0 Å². The van der Waals surface area contributed by atoms with Crippen LogP contribution in [-0.4, -0.2) is 26.8 Å². The number of hydrogen-bond donors (Lipinski definition) is 1. The van der Waals surface area contributed by atoms with Crippen LogP contribution in [0.2, 0.25) is 0 Å². The number of aliphatic hydroxyl groups excluding tert-OH is 1. The number of aromatic nitrogens is 3. The number of rotatable bonds is 2. The lowest BCUT2D eigenvalue weighted by molar-refractivity contribution is 0.399. The number of aryl methyl sites for hydroxylation is 1. The first-order valence-corrected chi connectivity index (χ1v) is 5.03. The lowest BCUT2D eigenvalue weighted by atomic mass is 10.2. The number of nitrogens with zero attached hydrogens (tertiary/aromatic N) is 4. The highest BCUT2D eigenvalue weighted by Gasteiger charge is 2.01. The van der Waals surface area contributed by atoms with Gasteiger partial charge in [-0.15, -0.1) is 0 Å². The molecule has 0 amide bonds. The molecule has 0 saturated heterocycles. The van der Waals surface area contributed by atoms with E-state index in [0.29, 0.717) is 5.69 Å². The maximum Gasteiger partial charge on any atom is 0.161 e. The molecule has 0 unspecified atom stereocenters. The van der Waals surface area contributed by atoms with Gasteiger partial charge in [-0.05, 0) is 18.6 Å². The number of aliphatic hydroxyl groups is 1. The van der Waals surface area contributed by atoms with Crippen LogP contribution in [0.25, 0.3) is 5.65 Å². The first-order chi connectivity index (χ1) is 7.83. The Bertz CT molecular complexity index is 498. The van der Waals surface area contributed by atoms with E-state index in [1.165, 1.54) is 0 Å². The number of imidazole rings is 1. The van der Waals surface area contributed by atoms with Gasteiger partial charge < -0.3 is 5.11 Å². The molecule has 5 nitrogen and oxygen atoms in total. The third-order valence-corrected chi connectivity index (χ3v) is 2.00. The first kappa shape index (κ1) is 12.1. The highest BCUT2D eigenvalue weighted by Crippen LogP contribution is 2.05. The minimum Gasteiger partial charge on any atom is -0.400 e. The smallest absolute Gasteiger partial charge is 0.161 e. The molecule has 2 aromatic heterocycles. The van der Waals surface area contributed by atoms with Gasteiger partial charge in [-0.1, -0.05) is 13.3 Å². The number of hydrogen-bond acceptors (Lipinski definition) is 4. The van der Waals surface area contributed by atoms with E-state index in [0.717, 1.165) is 31.3 Å². The van der Waals surface area contributed by atoms with E-state index in [1.54, 1.807) is 10.7 Å². The normalized spacial score (nSPS) is 9.38. The van der Waals surface area contributed by atoms with Crippen LogP contribution in [0, 0.1) is 11.3 Å². The summed E-state index contributed by atoms with van der Waals surface area (Å²) in [7, 11) is 1.00. The Morgan fingerprint density at radius 1 is 1.44 bits per heavy atom. The van der Waals surface area contributed by atoms with Gasteiger partial charge in [0.1, 0.15) is 6.07 Å². The molecule has 5 heteroatoms. The molecule has 0 aliphatic carbocycles. The highest BCUT2D eigenvalue weighted by molar-refractivity contribution is 5.41. The molecule has 0 fully saturated rings. The monoisotopic (exact) mass is 218 g/mol. The molecule has 0 spiro atoms. The second-order valence-corrected chi connectivity index (χ2v) is 3.12. The molecule has 84 valence electrons. The van der Waals surface area contributed by atoms with Crippen LogP contribution in [0.5, 0.6) is 0 Å². The Balaban J connectivity index is 0.000000606. The molecule has 0 aliphatic heterocycles. The van der Waals surface area contributed by atoms with Crippen molar-refractivity contribution in [2.24, 2.45) is 0 Å². The molecular formula is C11H14N4O. The van der Waals surface area contributed by atoms with Gasteiger partial charge in [-0.3, -0.25) is 0 Å². The third-order valence-electron chi connectivity index (χ3n) is 2.00. The maximum absolute atomic E-state index is 8.66. The van der Waals surface area contributed by atoms with Gasteiger partial charge in [0.25, 0.3) is 0 Å². The Morgan fingerprint density at radius 2 is 2.19 bits per heavy atom. The van der Waals surface area contributed by atoms with Gasteiger partial charge in [-0.2, -0.15) is 10.4 Å². The lowest BCUT2D eigenvalue weighted by Crippen LogP contribution is -1.96. The van der Waals surface area contributed by atoms with E-state index in [-0.39, 0.29) is 0 Å². The quantitative estimate of drug-likeness (QED) is 0.820. The zero-order valence-electron chi connectivity index (χ0n) is 9.38. The van der Waals surface area contributed by atoms with Crippen LogP contribution in [0.15, 0.2) is 18.3 Å². The lowest BCUT2D eigenvalue weighted by Gasteiger charge is -1.97. The average Bonchev–Trinajstić information content (AvgIpc) is 2.74. The summed E-state index contributed by atoms with van der Waals surface area (Å²) in [5.41, 5.74) is 2.16. The molecule has 2 rings (SSSR count). The molecule has 2 heterocycles. The summed E-state index contributed by atoms with van der Waals surface area (Å²) in [6.07, 6.45) is 3.67. The fraction of sp³-hybridized carbons (Fsp3) is 0.364. The van der Waals surface area contributed by atoms with Crippen molar-refractivity contribution in [2.75, 3.05) is 7.11 Å². The van der Waals surface area contributed by atoms with Crippen molar-refractivity contribution in [2.45, 2.75) is 19.8 Å². The average molecular weight is 218 g/mol. The second-order valence-electron chi connectivity index (χ2n) is 3.12. The van der Waals surface area contributed by atoms with Gasteiger partial charge in [-0.25, -0.2) is 9.50 Å². The van der Waals surface area contributed by atoms with Gasteiger partial charge in [0.05, 0.1) is 11.9 Å². The van der Waals surface area contributed by atoms with Crippen LogP contribution in [0.4, 0.5) is 0 Å². The van der Waals surface area contributed by atoms with Crippen molar-refractivity contribution in [3.05, 3.63) is 29.7 Å². The fourth-order valence-corrected chi connectivity index (χ4v) is 1.36. The van der Waals surface area contributed by atoms with Crippen molar-refractivity contribution in [3.8, 4) is 6.07 Å². The van der Waals surface area contributed by atoms with Crippen molar-refractivity contribution in [1.82, 2.24) is 14.6 Å². The fourth-order valence-electron chi connectivity index (χ4n) is 1.36. The second kappa shape index (κ2) is 5.83. The van der Waals surface area contributed by atoms with Crippen molar-refractivity contribution in [3.63, 3.8) is 0 Å². The van der Waals surface area contributed by atoms with Crippen LogP contribution < -0.4 is 0 Å². The predicted molar refractivity (Wildman–Crippen MR) is 59.8 cm³/mol. The van der Waals surface area contributed by atoms with Gasteiger partial charge in [0.2, 0.25) is 0 Å². The number of fused-ring (bicyclic) bond motifs is 1. The summed E-state index contributed by atoms with van der Waals surface area (Å²) in [5.74, 6) is 0. The minimum atomic E-state index is 0.408. The summed E-state index contributed by atoms with van der Waals surface area (Å²) in [4.78, 5) is 4.07. The van der Waals surface area contributed by atoms with Crippen LogP contribution in [0.1, 0.15) is 24.7 Å². The van der Waals surface area contributed by atoms with E-state index < -0.39 is 0 Å². The van der Waals surface area contributed by atoms with E-state index in [1.807, 2.05) is 18.2 Å². The topological polar surface area (TPSA) is 74.2 Å². The summed E-state index contributed by atoms with van der Waals surface area (Å²) < 4.78 is 1.66. The molecular weight excluding hydrogens is 204 g/mol. The molecule has 1 N–H and O–H groups in total. The maximum atomic E-state index is 8.66. The molecule has 0 aliphatic rings. The van der Waals surface area contributed by atoms with E-state index in [4.69, 9.17) is 10.4 Å². The molecule has 16 heavy (non-hydrogen) atoms. The van der Waals surface area contributed by atoms with E-state index in [2.05, 4.69) is 17.0 Å². The van der Waals surface area contributed by atoms with E-state index >= 15 is 0 Å². The van der Waals surface area contributed by atoms with Gasteiger partial charge in [0, 0.05) is 7.11 Å². The molecule has 0 aromatic carbocycles. The zero-order chi connectivity index (χ0) is 12.0. The summed E-state index contributed by atoms with van der Waals surface area (Å²) in [6, 6.07) is 5.84. The number of nitriles is 1. The zero-order valence-corrected chi connectivity index (χ0v) is 9.38. The Kier molecular flexibility index (Phi) is 4.42. The Labute approximate surface area is 94.0 Å². The van der Waals surface area contributed by atoms with Crippen molar-refractivity contribution >= 4 is 5.65 Å². The third kappa shape index (κ3) is 2.55.